The summed E-state index contributed by atoms with van der Waals surface area (Å²) in [4.78, 5) is 2.46. The molecular formula is C15H23FN2O. The lowest BCUT2D eigenvalue weighted by molar-refractivity contribution is 0.103. The van der Waals surface area contributed by atoms with Gasteiger partial charge in [0.1, 0.15) is 0 Å². The van der Waals surface area contributed by atoms with Gasteiger partial charge in [0.25, 0.3) is 0 Å². The molecule has 0 aliphatic carbocycles. The monoisotopic (exact) mass is 266 g/mol. The van der Waals surface area contributed by atoms with E-state index in [4.69, 9.17) is 4.74 Å². The lowest BCUT2D eigenvalue weighted by Gasteiger charge is -2.41. The van der Waals surface area contributed by atoms with Crippen molar-refractivity contribution in [3.8, 4) is 5.75 Å². The summed E-state index contributed by atoms with van der Waals surface area (Å²) in [6, 6.07) is 5.24. The van der Waals surface area contributed by atoms with E-state index in [0.29, 0.717) is 5.75 Å². The Hall–Kier alpha value is -1.13. The molecule has 1 aromatic rings. The number of hydrogen-bond acceptors (Lipinski definition) is 3. The second-order valence-corrected chi connectivity index (χ2v) is 5.70. The molecule has 1 aliphatic rings. The summed E-state index contributed by atoms with van der Waals surface area (Å²) in [5, 5.41) is 3.36. The van der Waals surface area contributed by atoms with Crippen LogP contribution in [0.2, 0.25) is 0 Å². The van der Waals surface area contributed by atoms with Gasteiger partial charge in [0, 0.05) is 31.7 Å². The topological polar surface area (TPSA) is 24.5 Å². The van der Waals surface area contributed by atoms with E-state index >= 15 is 0 Å². The van der Waals surface area contributed by atoms with Gasteiger partial charge >= 0.3 is 0 Å². The molecule has 0 bridgehead atoms. The van der Waals surface area contributed by atoms with Crippen molar-refractivity contribution >= 4 is 0 Å². The van der Waals surface area contributed by atoms with E-state index in [9.17, 15) is 4.39 Å². The van der Waals surface area contributed by atoms with E-state index < -0.39 is 0 Å². The van der Waals surface area contributed by atoms with Crippen LogP contribution in [-0.4, -0.2) is 43.7 Å². The van der Waals surface area contributed by atoms with Crippen molar-refractivity contribution in [3.05, 3.63) is 29.6 Å². The van der Waals surface area contributed by atoms with E-state index in [1.54, 1.807) is 12.1 Å². The van der Waals surface area contributed by atoms with Crippen molar-refractivity contribution in [1.82, 2.24) is 10.2 Å². The fourth-order valence-corrected chi connectivity index (χ4v) is 2.70. The SMILES string of the molecule is COc1ccc(CC(C)(C)N2CCNCC2)cc1F. The third-order valence-corrected chi connectivity index (χ3v) is 3.83. The molecule has 106 valence electrons. The van der Waals surface area contributed by atoms with Gasteiger partial charge in [-0.15, -0.1) is 0 Å². The number of rotatable bonds is 4. The van der Waals surface area contributed by atoms with Crippen LogP contribution in [0, 0.1) is 5.82 Å². The Morgan fingerprint density at radius 1 is 1.32 bits per heavy atom. The first-order valence-corrected chi connectivity index (χ1v) is 6.81. The molecule has 0 saturated carbocycles. The average molecular weight is 266 g/mol. The van der Waals surface area contributed by atoms with E-state index in [-0.39, 0.29) is 11.4 Å². The third-order valence-electron chi connectivity index (χ3n) is 3.83. The van der Waals surface area contributed by atoms with Crippen molar-refractivity contribution in [2.24, 2.45) is 0 Å². The zero-order valence-electron chi connectivity index (χ0n) is 12.0. The van der Waals surface area contributed by atoms with Crippen molar-refractivity contribution in [1.29, 1.82) is 0 Å². The minimum atomic E-state index is -0.281. The largest absolute Gasteiger partial charge is 0.494 e. The predicted molar refractivity (Wildman–Crippen MR) is 75.2 cm³/mol. The van der Waals surface area contributed by atoms with Crippen molar-refractivity contribution in [2.45, 2.75) is 25.8 Å². The van der Waals surface area contributed by atoms with Crippen LogP contribution in [0.25, 0.3) is 0 Å². The summed E-state index contributed by atoms with van der Waals surface area (Å²) < 4.78 is 18.7. The molecule has 0 spiro atoms. The summed E-state index contributed by atoms with van der Waals surface area (Å²) in [5.74, 6) is 0.0276. The number of ether oxygens (including phenoxy) is 1. The van der Waals surface area contributed by atoms with Crippen LogP contribution in [0.4, 0.5) is 4.39 Å². The Morgan fingerprint density at radius 3 is 2.58 bits per heavy atom. The predicted octanol–water partition coefficient (Wildman–Crippen LogP) is 2.06. The van der Waals surface area contributed by atoms with Crippen LogP contribution in [0.5, 0.6) is 5.75 Å². The molecule has 1 aromatic carbocycles. The van der Waals surface area contributed by atoms with Crippen LogP contribution in [0.15, 0.2) is 18.2 Å². The molecule has 1 saturated heterocycles. The van der Waals surface area contributed by atoms with Gasteiger partial charge in [-0.25, -0.2) is 4.39 Å². The molecule has 1 fully saturated rings. The van der Waals surface area contributed by atoms with Crippen molar-refractivity contribution in [3.63, 3.8) is 0 Å². The highest BCUT2D eigenvalue weighted by Crippen LogP contribution is 2.24. The second-order valence-electron chi connectivity index (χ2n) is 5.70. The van der Waals surface area contributed by atoms with Gasteiger partial charge < -0.3 is 10.1 Å². The molecule has 0 unspecified atom stereocenters. The number of benzene rings is 1. The zero-order chi connectivity index (χ0) is 13.9. The van der Waals surface area contributed by atoms with Gasteiger partial charge in [0.05, 0.1) is 7.11 Å². The van der Waals surface area contributed by atoms with E-state index in [1.165, 1.54) is 7.11 Å². The van der Waals surface area contributed by atoms with Crippen molar-refractivity contribution in [2.75, 3.05) is 33.3 Å². The summed E-state index contributed by atoms with van der Waals surface area (Å²) in [7, 11) is 1.49. The van der Waals surface area contributed by atoms with Gasteiger partial charge in [-0.05, 0) is 38.0 Å². The van der Waals surface area contributed by atoms with E-state index in [2.05, 4.69) is 24.1 Å². The fourth-order valence-electron chi connectivity index (χ4n) is 2.70. The second kappa shape index (κ2) is 5.88. The maximum absolute atomic E-state index is 13.7. The minimum absolute atomic E-state index is 0.0448. The van der Waals surface area contributed by atoms with Gasteiger partial charge in [-0.3, -0.25) is 4.90 Å². The molecule has 0 amide bonds. The molecule has 0 atom stereocenters. The third kappa shape index (κ3) is 3.45. The minimum Gasteiger partial charge on any atom is -0.494 e. The van der Waals surface area contributed by atoms with E-state index in [1.807, 2.05) is 6.07 Å². The number of nitrogens with one attached hydrogen (secondary N) is 1. The fraction of sp³-hybridized carbons (Fsp3) is 0.600. The van der Waals surface area contributed by atoms with Gasteiger partial charge in [-0.1, -0.05) is 6.07 Å². The van der Waals surface area contributed by atoms with Gasteiger partial charge in [0.15, 0.2) is 11.6 Å². The number of nitrogens with zero attached hydrogens (tertiary/aromatic N) is 1. The van der Waals surface area contributed by atoms with Crippen LogP contribution in [0.1, 0.15) is 19.4 Å². The molecule has 2 rings (SSSR count). The Bertz CT molecular complexity index is 428. The number of hydrogen-bond donors (Lipinski definition) is 1. The molecule has 1 N–H and O–H groups in total. The Balaban J connectivity index is 2.08. The number of methoxy groups -OCH3 is 1. The summed E-state index contributed by atoms with van der Waals surface area (Å²) >= 11 is 0. The first-order valence-electron chi connectivity index (χ1n) is 6.81. The van der Waals surface area contributed by atoms with Gasteiger partial charge in [0.2, 0.25) is 0 Å². The molecular weight excluding hydrogens is 243 g/mol. The quantitative estimate of drug-likeness (QED) is 0.903. The number of halogens is 1. The highest BCUT2D eigenvalue weighted by Gasteiger charge is 2.28. The summed E-state index contributed by atoms with van der Waals surface area (Å²) in [6.07, 6.45) is 0.841. The molecule has 1 aliphatic heterocycles. The molecule has 4 heteroatoms. The van der Waals surface area contributed by atoms with Crippen LogP contribution >= 0.6 is 0 Å². The first-order chi connectivity index (χ1) is 9.03. The van der Waals surface area contributed by atoms with Crippen molar-refractivity contribution < 1.29 is 9.13 Å². The van der Waals surface area contributed by atoms with Crippen LogP contribution < -0.4 is 10.1 Å². The van der Waals surface area contributed by atoms with E-state index in [0.717, 1.165) is 38.2 Å². The molecule has 3 nitrogen and oxygen atoms in total. The molecule has 0 aromatic heterocycles. The first kappa shape index (κ1) is 14.3. The smallest absolute Gasteiger partial charge is 0.165 e. The van der Waals surface area contributed by atoms with Gasteiger partial charge in [-0.2, -0.15) is 0 Å². The number of piperazine rings is 1. The molecule has 1 heterocycles. The molecule has 0 radical (unpaired) electrons. The van der Waals surface area contributed by atoms with Crippen LogP contribution in [0.3, 0.4) is 0 Å². The normalized spacial score (nSPS) is 17.5. The zero-order valence-corrected chi connectivity index (χ0v) is 12.0. The Kier molecular flexibility index (Phi) is 4.42. The summed E-state index contributed by atoms with van der Waals surface area (Å²) in [6.45, 7) is 8.60. The lowest BCUT2D eigenvalue weighted by atomic mass is 9.92. The Morgan fingerprint density at radius 2 is 2.00 bits per heavy atom. The standard InChI is InChI=1S/C15H23FN2O/c1-15(2,18-8-6-17-7-9-18)11-12-4-5-14(19-3)13(16)10-12/h4-5,10,17H,6-9,11H2,1-3H3. The maximum Gasteiger partial charge on any atom is 0.165 e. The highest BCUT2D eigenvalue weighted by molar-refractivity contribution is 5.30. The molecule has 19 heavy (non-hydrogen) atoms. The summed E-state index contributed by atoms with van der Waals surface area (Å²) in [5.41, 5.74) is 1.06. The maximum atomic E-state index is 13.7. The Labute approximate surface area is 114 Å². The lowest BCUT2D eigenvalue weighted by Crippen LogP contribution is -2.54. The van der Waals surface area contributed by atoms with Crippen LogP contribution in [-0.2, 0) is 6.42 Å². The average Bonchev–Trinajstić information content (AvgIpc) is 2.39. The highest BCUT2D eigenvalue weighted by atomic mass is 19.1.